The third kappa shape index (κ3) is 4.77. The van der Waals surface area contributed by atoms with Crippen molar-refractivity contribution in [3.05, 3.63) is 77.6 Å². The minimum absolute atomic E-state index is 0.0722. The highest BCUT2D eigenvalue weighted by atomic mass is 19.1. The van der Waals surface area contributed by atoms with Gasteiger partial charge < -0.3 is 16.0 Å². The molecule has 8 nitrogen and oxygen atoms in total. The van der Waals surface area contributed by atoms with Gasteiger partial charge in [0.05, 0.1) is 29.0 Å². The molecule has 0 spiro atoms. The number of nitrogens with one attached hydrogen (secondary N) is 3. The van der Waals surface area contributed by atoms with E-state index in [1.54, 1.807) is 18.2 Å². The van der Waals surface area contributed by atoms with Crippen molar-refractivity contribution in [2.24, 2.45) is 0 Å². The van der Waals surface area contributed by atoms with E-state index in [1.807, 2.05) is 12.1 Å². The van der Waals surface area contributed by atoms with Crippen LogP contribution in [0.3, 0.4) is 0 Å². The van der Waals surface area contributed by atoms with E-state index in [2.05, 4.69) is 43.0 Å². The van der Waals surface area contributed by atoms with Crippen LogP contribution >= 0.6 is 0 Å². The zero-order valence-electron chi connectivity index (χ0n) is 17.3. The molecule has 0 fully saturated rings. The summed E-state index contributed by atoms with van der Waals surface area (Å²) in [5, 5.41) is 17.7. The summed E-state index contributed by atoms with van der Waals surface area (Å²) in [6.07, 6.45) is 4.13. The Morgan fingerprint density at radius 2 is 1.97 bits per heavy atom. The summed E-state index contributed by atoms with van der Waals surface area (Å²) >= 11 is 0. The minimum atomic E-state index is -0.605. The van der Waals surface area contributed by atoms with Gasteiger partial charge in [-0.25, -0.2) is 14.4 Å². The first kappa shape index (κ1) is 21.1. The molecule has 2 heterocycles. The minimum Gasteiger partial charge on any atom is -0.324 e. The number of nitriles is 1. The molecule has 4 rings (SSSR count). The quantitative estimate of drug-likeness (QED) is 0.566. The van der Waals surface area contributed by atoms with Gasteiger partial charge in [0.1, 0.15) is 6.33 Å². The van der Waals surface area contributed by atoms with Crippen LogP contribution in [-0.2, 0) is 4.79 Å². The van der Waals surface area contributed by atoms with E-state index in [9.17, 15) is 9.18 Å². The lowest BCUT2D eigenvalue weighted by Crippen LogP contribution is -2.27. The first-order chi connectivity index (χ1) is 15.5. The molecule has 1 aromatic heterocycles. The Morgan fingerprint density at radius 3 is 2.72 bits per heavy atom. The van der Waals surface area contributed by atoms with Crippen molar-refractivity contribution in [1.29, 1.82) is 5.26 Å². The summed E-state index contributed by atoms with van der Waals surface area (Å²) in [4.78, 5) is 24.1. The second kappa shape index (κ2) is 9.32. The molecule has 0 saturated heterocycles. The van der Waals surface area contributed by atoms with Crippen molar-refractivity contribution in [3.63, 3.8) is 0 Å². The third-order valence-electron chi connectivity index (χ3n) is 4.98. The van der Waals surface area contributed by atoms with E-state index < -0.39 is 5.82 Å². The first-order valence-corrected chi connectivity index (χ1v) is 9.98. The SMILES string of the molecule is CC(=O)Nc1cccc(Nc2ncnc(C3CC(c4ccc(C#N)cc4)=CCN3)n2)c1F. The molecule has 0 radical (unpaired) electrons. The maximum absolute atomic E-state index is 14.7. The van der Waals surface area contributed by atoms with E-state index >= 15 is 0 Å². The third-order valence-corrected chi connectivity index (χ3v) is 4.98. The molecular weight excluding hydrogens is 409 g/mol. The van der Waals surface area contributed by atoms with Crippen LogP contribution in [0.15, 0.2) is 54.9 Å². The number of nitrogens with zero attached hydrogens (tertiary/aromatic N) is 4. The van der Waals surface area contributed by atoms with Crippen molar-refractivity contribution >= 4 is 28.8 Å². The molecule has 0 saturated carbocycles. The molecule has 1 aliphatic heterocycles. The standard InChI is InChI=1S/C23H20FN7O/c1-14(32)29-18-3-2-4-19(21(18)24)30-23-28-13-27-22(31-23)20-11-17(9-10-26-20)16-7-5-15(12-25)6-8-16/h2-9,13,20,26H,10-11H2,1H3,(H,29,32)(H,27,28,30,31). The van der Waals surface area contributed by atoms with Crippen LogP contribution in [0.1, 0.15) is 36.3 Å². The number of carbonyl (C=O) groups excluding carboxylic acids is 1. The van der Waals surface area contributed by atoms with Gasteiger partial charge in [-0.15, -0.1) is 0 Å². The number of anilines is 3. The smallest absolute Gasteiger partial charge is 0.230 e. The number of halogens is 1. The fraction of sp³-hybridized carbons (Fsp3) is 0.174. The van der Waals surface area contributed by atoms with Crippen LogP contribution in [0, 0.1) is 17.1 Å². The predicted octanol–water partition coefficient (Wildman–Crippen LogP) is 3.70. The maximum atomic E-state index is 14.7. The van der Waals surface area contributed by atoms with Gasteiger partial charge in [-0.1, -0.05) is 24.3 Å². The molecule has 9 heteroatoms. The van der Waals surface area contributed by atoms with E-state index in [0.29, 0.717) is 24.4 Å². The van der Waals surface area contributed by atoms with Crippen molar-refractivity contribution in [3.8, 4) is 6.07 Å². The lowest BCUT2D eigenvalue weighted by molar-refractivity contribution is -0.114. The molecule has 1 aliphatic rings. The molecule has 1 atom stereocenters. The van der Waals surface area contributed by atoms with Gasteiger partial charge in [-0.2, -0.15) is 10.2 Å². The lowest BCUT2D eigenvalue weighted by Gasteiger charge is -2.23. The first-order valence-electron chi connectivity index (χ1n) is 9.98. The number of hydrogen-bond donors (Lipinski definition) is 3. The highest BCUT2D eigenvalue weighted by molar-refractivity contribution is 5.89. The molecule has 3 N–H and O–H groups in total. The second-order valence-electron chi connectivity index (χ2n) is 7.22. The zero-order chi connectivity index (χ0) is 22.5. The number of amides is 1. The highest BCUT2D eigenvalue weighted by Gasteiger charge is 2.21. The monoisotopic (exact) mass is 429 g/mol. The van der Waals surface area contributed by atoms with E-state index in [0.717, 1.165) is 11.1 Å². The fourth-order valence-electron chi connectivity index (χ4n) is 3.45. The normalized spacial score (nSPS) is 15.4. The van der Waals surface area contributed by atoms with E-state index in [4.69, 9.17) is 5.26 Å². The average molecular weight is 429 g/mol. The van der Waals surface area contributed by atoms with E-state index in [1.165, 1.54) is 25.4 Å². The van der Waals surface area contributed by atoms with Crippen molar-refractivity contribution in [1.82, 2.24) is 20.3 Å². The van der Waals surface area contributed by atoms with Crippen molar-refractivity contribution in [2.45, 2.75) is 19.4 Å². The molecule has 3 aromatic rings. The van der Waals surface area contributed by atoms with Crippen LogP contribution < -0.4 is 16.0 Å². The Hall–Kier alpha value is -4.16. The van der Waals surface area contributed by atoms with Gasteiger partial charge in [0.15, 0.2) is 11.6 Å². The maximum Gasteiger partial charge on any atom is 0.230 e. The lowest BCUT2D eigenvalue weighted by atomic mass is 9.94. The predicted molar refractivity (Wildman–Crippen MR) is 118 cm³/mol. The Morgan fingerprint density at radius 1 is 1.19 bits per heavy atom. The second-order valence-corrected chi connectivity index (χ2v) is 7.22. The highest BCUT2D eigenvalue weighted by Crippen LogP contribution is 2.30. The Bertz CT molecular complexity index is 1220. The van der Waals surface area contributed by atoms with Gasteiger partial charge in [0, 0.05) is 13.5 Å². The molecule has 160 valence electrons. The van der Waals surface area contributed by atoms with Crippen LogP contribution in [0.25, 0.3) is 5.57 Å². The molecule has 0 aliphatic carbocycles. The van der Waals surface area contributed by atoms with Gasteiger partial charge in [0.2, 0.25) is 11.9 Å². The number of carbonyl (C=O) groups is 1. The van der Waals surface area contributed by atoms with Gasteiger partial charge >= 0.3 is 0 Å². The topological polar surface area (TPSA) is 116 Å². The number of hydrogen-bond acceptors (Lipinski definition) is 7. The molecule has 1 unspecified atom stereocenters. The summed E-state index contributed by atoms with van der Waals surface area (Å²) in [6.45, 7) is 1.96. The Balaban J connectivity index is 1.51. The van der Waals surface area contributed by atoms with Crippen LogP contribution in [-0.4, -0.2) is 27.4 Å². The average Bonchev–Trinajstić information content (AvgIpc) is 2.82. The molecule has 1 amide bonds. The van der Waals surface area contributed by atoms with Crippen molar-refractivity contribution in [2.75, 3.05) is 17.2 Å². The fourth-order valence-corrected chi connectivity index (χ4v) is 3.45. The number of aromatic nitrogens is 3. The van der Waals surface area contributed by atoms with Gasteiger partial charge in [-0.3, -0.25) is 4.79 Å². The summed E-state index contributed by atoms with van der Waals surface area (Å²) in [6, 6.07) is 14.1. The molecule has 0 bridgehead atoms. The number of benzene rings is 2. The van der Waals surface area contributed by atoms with Crippen LogP contribution in [0.4, 0.5) is 21.7 Å². The summed E-state index contributed by atoms with van der Waals surface area (Å²) < 4.78 is 14.7. The molecular formula is C23H20FN7O. The van der Waals surface area contributed by atoms with Crippen molar-refractivity contribution < 1.29 is 9.18 Å². The summed E-state index contributed by atoms with van der Waals surface area (Å²) in [5.41, 5.74) is 3.00. The summed E-state index contributed by atoms with van der Waals surface area (Å²) in [7, 11) is 0. The largest absolute Gasteiger partial charge is 0.324 e. The van der Waals surface area contributed by atoms with Crippen LogP contribution in [0.2, 0.25) is 0 Å². The van der Waals surface area contributed by atoms with Crippen LogP contribution in [0.5, 0.6) is 0 Å². The summed E-state index contributed by atoms with van der Waals surface area (Å²) in [5.74, 6) is -0.241. The van der Waals surface area contributed by atoms with Gasteiger partial charge in [0.25, 0.3) is 0 Å². The molecule has 32 heavy (non-hydrogen) atoms. The Labute approximate surface area is 184 Å². The molecule has 2 aromatic carbocycles. The Kier molecular flexibility index (Phi) is 6.14. The van der Waals surface area contributed by atoms with E-state index in [-0.39, 0.29) is 29.3 Å². The number of rotatable bonds is 5. The zero-order valence-corrected chi connectivity index (χ0v) is 17.3. The van der Waals surface area contributed by atoms with Gasteiger partial charge in [-0.05, 0) is 41.8 Å².